The average Bonchev–Trinajstić information content (AvgIpc) is 2.28. The van der Waals surface area contributed by atoms with Crippen molar-refractivity contribution in [1.82, 2.24) is 10.6 Å². The van der Waals surface area contributed by atoms with Crippen molar-refractivity contribution in [3.63, 3.8) is 0 Å². The van der Waals surface area contributed by atoms with Crippen LogP contribution >= 0.6 is 0 Å². The van der Waals surface area contributed by atoms with Gasteiger partial charge in [-0.15, -0.1) is 0 Å². The lowest BCUT2D eigenvalue weighted by Crippen LogP contribution is -2.42. The Morgan fingerprint density at radius 1 is 1.35 bits per heavy atom. The minimum absolute atomic E-state index is 0.0969. The summed E-state index contributed by atoms with van der Waals surface area (Å²) < 4.78 is 0. The molecule has 4 nitrogen and oxygen atoms in total. The Hall–Kier alpha value is -1.17. The molecule has 0 spiro atoms. The van der Waals surface area contributed by atoms with Gasteiger partial charge in [-0.3, -0.25) is 4.79 Å². The van der Waals surface area contributed by atoms with Crippen molar-refractivity contribution in [2.75, 3.05) is 20.1 Å². The number of carbonyl (C=O) groups excluding carboxylic acids is 1. The fraction of sp³-hybridized carbons (Fsp3) is 0.417. The second-order valence-electron chi connectivity index (χ2n) is 4.50. The highest BCUT2D eigenvalue weighted by atomic mass is 28.4. The first kappa shape index (κ1) is 13.9. The predicted octanol–water partition coefficient (Wildman–Crippen LogP) is 0.0402. The van der Waals surface area contributed by atoms with Crippen molar-refractivity contribution < 1.29 is 9.59 Å². The van der Waals surface area contributed by atoms with Gasteiger partial charge in [0.15, 0.2) is 0 Å². The van der Waals surface area contributed by atoms with Crippen molar-refractivity contribution in [2.24, 2.45) is 0 Å². The normalized spacial score (nSPS) is 11.3. The quantitative estimate of drug-likeness (QED) is 0.512. The summed E-state index contributed by atoms with van der Waals surface area (Å²) in [5.74, 6) is -0.0969. The molecule has 5 heteroatoms. The highest BCUT2D eigenvalue weighted by Crippen LogP contribution is 2.02. The lowest BCUT2D eigenvalue weighted by molar-refractivity contribution is 0.0954. The molecule has 0 bridgehead atoms. The van der Waals surface area contributed by atoms with E-state index in [0.717, 1.165) is 11.7 Å². The van der Waals surface area contributed by atoms with E-state index in [2.05, 4.69) is 10.6 Å². The van der Waals surface area contributed by atoms with Gasteiger partial charge in [-0.1, -0.05) is 12.1 Å². The van der Waals surface area contributed by atoms with Crippen molar-refractivity contribution in [3.8, 4) is 0 Å². The second kappa shape index (κ2) is 5.95. The lowest BCUT2D eigenvalue weighted by Gasteiger charge is -2.15. The van der Waals surface area contributed by atoms with Gasteiger partial charge < -0.3 is 15.4 Å². The van der Waals surface area contributed by atoms with Gasteiger partial charge in [0.1, 0.15) is 0 Å². The Morgan fingerprint density at radius 3 is 2.65 bits per heavy atom. The first-order valence-corrected chi connectivity index (χ1v) is 8.65. The van der Waals surface area contributed by atoms with Crippen LogP contribution in [0.25, 0.3) is 0 Å². The number of rotatable bonds is 5. The van der Waals surface area contributed by atoms with Gasteiger partial charge in [-0.05, 0) is 37.5 Å². The minimum Gasteiger partial charge on any atom is -0.428 e. The number of hydrogen-bond acceptors (Lipinski definition) is 3. The number of carbonyl (C=O) groups is 1. The first-order valence-electron chi connectivity index (χ1n) is 5.71. The van der Waals surface area contributed by atoms with Gasteiger partial charge in [0.2, 0.25) is 8.32 Å². The van der Waals surface area contributed by atoms with Crippen molar-refractivity contribution >= 4 is 19.4 Å². The summed E-state index contributed by atoms with van der Waals surface area (Å²) >= 11 is 0. The molecule has 1 amide bonds. The maximum absolute atomic E-state index is 11.8. The SMILES string of the molecule is CNCCNC(=O)c1cccc([Si](C)(C)O)c1. The van der Waals surface area contributed by atoms with E-state index in [1.54, 1.807) is 12.1 Å². The number of nitrogens with one attached hydrogen (secondary N) is 2. The monoisotopic (exact) mass is 252 g/mol. The predicted molar refractivity (Wildman–Crippen MR) is 72.0 cm³/mol. The van der Waals surface area contributed by atoms with E-state index in [-0.39, 0.29) is 5.91 Å². The van der Waals surface area contributed by atoms with E-state index < -0.39 is 8.32 Å². The summed E-state index contributed by atoms with van der Waals surface area (Å²) in [6, 6.07) is 7.23. The van der Waals surface area contributed by atoms with Gasteiger partial charge >= 0.3 is 0 Å². The van der Waals surface area contributed by atoms with Gasteiger partial charge in [-0.25, -0.2) is 0 Å². The van der Waals surface area contributed by atoms with Gasteiger partial charge in [-0.2, -0.15) is 0 Å². The average molecular weight is 252 g/mol. The highest BCUT2D eigenvalue weighted by molar-refractivity contribution is 6.83. The second-order valence-corrected chi connectivity index (χ2v) is 8.19. The summed E-state index contributed by atoms with van der Waals surface area (Å²) in [6.07, 6.45) is 0. The minimum atomic E-state index is -2.34. The van der Waals surface area contributed by atoms with Crippen molar-refractivity contribution in [1.29, 1.82) is 0 Å². The van der Waals surface area contributed by atoms with Crippen LogP contribution in [0.4, 0.5) is 0 Å². The third kappa shape index (κ3) is 4.30. The molecule has 0 radical (unpaired) electrons. The number of likely N-dealkylation sites (N-methyl/N-ethyl adjacent to an activating group) is 1. The highest BCUT2D eigenvalue weighted by Gasteiger charge is 2.20. The molecule has 0 aromatic heterocycles. The lowest BCUT2D eigenvalue weighted by atomic mass is 10.2. The Balaban J connectivity index is 2.74. The van der Waals surface area contributed by atoms with Crippen LogP contribution in [0.3, 0.4) is 0 Å². The van der Waals surface area contributed by atoms with Crippen LogP contribution in [-0.2, 0) is 0 Å². The zero-order valence-corrected chi connectivity index (χ0v) is 11.6. The van der Waals surface area contributed by atoms with E-state index >= 15 is 0 Å². The molecule has 1 aromatic rings. The summed E-state index contributed by atoms with van der Waals surface area (Å²) in [4.78, 5) is 21.8. The standard InChI is InChI=1S/C12H20N2O2Si/c1-13-7-8-14-12(15)10-5-4-6-11(9-10)17(2,3)16/h4-6,9,13,16H,7-8H2,1-3H3,(H,14,15). The van der Waals surface area contributed by atoms with Crippen LogP contribution < -0.4 is 15.8 Å². The molecule has 1 rings (SSSR count). The molecule has 0 unspecified atom stereocenters. The molecule has 0 aliphatic carbocycles. The van der Waals surface area contributed by atoms with Gasteiger partial charge in [0, 0.05) is 18.7 Å². The van der Waals surface area contributed by atoms with E-state index in [4.69, 9.17) is 0 Å². The van der Waals surface area contributed by atoms with Crippen molar-refractivity contribution in [2.45, 2.75) is 13.1 Å². The molecule has 0 saturated heterocycles. The molecule has 0 aliphatic rings. The molecule has 0 atom stereocenters. The first-order chi connectivity index (χ1) is 7.95. The molecule has 0 fully saturated rings. The van der Waals surface area contributed by atoms with Crippen LogP contribution in [-0.4, -0.2) is 39.2 Å². The van der Waals surface area contributed by atoms with Crippen LogP contribution in [0.15, 0.2) is 24.3 Å². The number of amides is 1. The smallest absolute Gasteiger partial charge is 0.251 e. The molecular formula is C12H20N2O2Si. The maximum atomic E-state index is 11.8. The fourth-order valence-corrected chi connectivity index (χ4v) is 2.46. The molecule has 1 aromatic carbocycles. The molecule has 3 N–H and O–H groups in total. The van der Waals surface area contributed by atoms with E-state index in [0.29, 0.717) is 12.1 Å². The van der Waals surface area contributed by atoms with Crippen LogP contribution in [0.5, 0.6) is 0 Å². The Labute approximate surface area is 103 Å². The third-order valence-corrected chi connectivity index (χ3v) is 4.22. The largest absolute Gasteiger partial charge is 0.428 e. The molecule has 0 aliphatic heterocycles. The molecule has 17 heavy (non-hydrogen) atoms. The summed E-state index contributed by atoms with van der Waals surface area (Å²) in [7, 11) is -0.501. The molecule has 94 valence electrons. The molecule has 0 saturated carbocycles. The van der Waals surface area contributed by atoms with Crippen LogP contribution in [0.1, 0.15) is 10.4 Å². The van der Waals surface area contributed by atoms with Crippen LogP contribution in [0, 0.1) is 0 Å². The zero-order valence-electron chi connectivity index (χ0n) is 10.6. The van der Waals surface area contributed by atoms with Gasteiger partial charge in [0.25, 0.3) is 5.91 Å². The maximum Gasteiger partial charge on any atom is 0.251 e. The van der Waals surface area contributed by atoms with E-state index in [1.807, 2.05) is 32.3 Å². The Morgan fingerprint density at radius 2 is 2.06 bits per heavy atom. The summed E-state index contributed by atoms with van der Waals surface area (Å²) in [5.41, 5.74) is 0.605. The molecule has 0 heterocycles. The third-order valence-electron chi connectivity index (χ3n) is 2.49. The fourth-order valence-electron chi connectivity index (χ4n) is 1.44. The van der Waals surface area contributed by atoms with Gasteiger partial charge in [0.05, 0.1) is 0 Å². The van der Waals surface area contributed by atoms with Crippen molar-refractivity contribution in [3.05, 3.63) is 29.8 Å². The topological polar surface area (TPSA) is 61.4 Å². The van der Waals surface area contributed by atoms with E-state index in [9.17, 15) is 9.59 Å². The molecular weight excluding hydrogens is 232 g/mol. The van der Waals surface area contributed by atoms with Crippen LogP contribution in [0.2, 0.25) is 13.1 Å². The summed E-state index contributed by atoms with van der Waals surface area (Å²) in [5, 5.41) is 6.65. The Bertz CT molecular complexity index is 388. The number of benzene rings is 1. The zero-order chi connectivity index (χ0) is 12.9. The Kier molecular flexibility index (Phi) is 4.86. The number of hydrogen-bond donors (Lipinski definition) is 3. The summed E-state index contributed by atoms with van der Waals surface area (Å²) in [6.45, 7) is 5.02. The van der Waals surface area contributed by atoms with E-state index in [1.165, 1.54) is 0 Å².